The number of imidazole rings is 1. The molecule has 3 N–H and O–H groups in total. The van der Waals surface area contributed by atoms with E-state index in [1.807, 2.05) is 63.7 Å². The Morgan fingerprint density at radius 1 is 0.828 bits per heavy atom. The van der Waals surface area contributed by atoms with Gasteiger partial charge in [0.1, 0.15) is 24.2 Å². The fraction of sp³-hybridized carbons (Fsp3) is 0.174. The zero-order chi connectivity index (χ0) is 20.2. The monoisotopic (exact) mass is 389 g/mol. The molecular formula is C23H23N3O3. The number of nitrogens with one attached hydrogen (secondary N) is 1. The molecule has 0 aliphatic heterocycles. The summed E-state index contributed by atoms with van der Waals surface area (Å²) in [6, 6.07) is 24.3. The van der Waals surface area contributed by atoms with Gasteiger partial charge in [0.25, 0.3) is 0 Å². The Kier molecular flexibility index (Phi) is 5.35. The molecule has 0 saturated carbocycles. The van der Waals surface area contributed by atoms with E-state index in [4.69, 9.17) is 10.1 Å². The van der Waals surface area contributed by atoms with E-state index >= 15 is 0 Å². The zero-order valence-corrected chi connectivity index (χ0v) is 15.9. The maximum Gasteiger partial charge on any atom is 0.203 e. The second kappa shape index (κ2) is 8.24. The predicted molar refractivity (Wildman–Crippen MR) is 111 cm³/mol. The van der Waals surface area contributed by atoms with Crippen molar-refractivity contribution < 1.29 is 14.9 Å². The minimum atomic E-state index is -0.783. The molecule has 1 atom stereocenters. The van der Waals surface area contributed by atoms with Crippen LogP contribution in [0.2, 0.25) is 0 Å². The van der Waals surface area contributed by atoms with Crippen LogP contribution in [0.25, 0.3) is 11.0 Å². The van der Waals surface area contributed by atoms with E-state index in [1.165, 1.54) is 12.1 Å². The van der Waals surface area contributed by atoms with E-state index < -0.39 is 6.10 Å². The summed E-state index contributed by atoms with van der Waals surface area (Å²) >= 11 is 0. The van der Waals surface area contributed by atoms with Crippen molar-refractivity contribution in [1.82, 2.24) is 9.13 Å². The quantitative estimate of drug-likeness (QED) is 0.454. The summed E-state index contributed by atoms with van der Waals surface area (Å²) in [7, 11) is 0. The first-order chi connectivity index (χ1) is 14.1. The van der Waals surface area contributed by atoms with Gasteiger partial charge in [-0.2, -0.15) is 0 Å². The molecule has 1 unspecified atom stereocenters. The number of rotatable bonds is 7. The van der Waals surface area contributed by atoms with Crippen molar-refractivity contribution in [2.24, 2.45) is 0 Å². The number of aliphatic hydroxyl groups is 1. The number of ether oxygens (including phenoxy) is 1. The van der Waals surface area contributed by atoms with Gasteiger partial charge in [0.05, 0.1) is 24.1 Å². The molecule has 0 aliphatic rings. The second-order valence-corrected chi connectivity index (χ2v) is 6.95. The number of aliphatic hydroxyl groups excluding tert-OH is 1. The van der Waals surface area contributed by atoms with Crippen LogP contribution >= 0.6 is 0 Å². The third-order valence-electron chi connectivity index (χ3n) is 4.83. The first-order valence-corrected chi connectivity index (χ1v) is 9.48. The van der Waals surface area contributed by atoms with Crippen LogP contribution < -0.4 is 10.4 Å². The highest BCUT2D eigenvalue weighted by molar-refractivity contribution is 5.76. The lowest BCUT2D eigenvalue weighted by molar-refractivity contribution is 0.0921. The highest BCUT2D eigenvalue weighted by Crippen LogP contribution is 2.17. The van der Waals surface area contributed by atoms with Crippen LogP contribution in [0.5, 0.6) is 11.5 Å². The number of phenols is 1. The first-order valence-electron chi connectivity index (χ1n) is 9.48. The molecule has 1 heterocycles. The van der Waals surface area contributed by atoms with E-state index in [-0.39, 0.29) is 18.9 Å². The minimum absolute atomic E-state index is 0.0927. The SMILES string of the molecule is N=c1n(Cc2ccccc2)c2ccccc2n1CC(O)COc1ccc(O)cc1. The van der Waals surface area contributed by atoms with Gasteiger partial charge in [0.15, 0.2) is 0 Å². The Bertz CT molecular complexity index is 1150. The zero-order valence-electron chi connectivity index (χ0n) is 15.9. The van der Waals surface area contributed by atoms with Crippen LogP contribution in [0.1, 0.15) is 5.56 Å². The average molecular weight is 389 g/mol. The van der Waals surface area contributed by atoms with Crippen LogP contribution in [0.3, 0.4) is 0 Å². The molecule has 4 aromatic rings. The second-order valence-electron chi connectivity index (χ2n) is 6.95. The molecule has 3 aromatic carbocycles. The maximum absolute atomic E-state index is 10.5. The molecule has 0 fully saturated rings. The van der Waals surface area contributed by atoms with Gasteiger partial charge in [0.2, 0.25) is 5.62 Å². The Balaban J connectivity index is 1.56. The summed E-state index contributed by atoms with van der Waals surface area (Å²) in [6.07, 6.45) is -0.783. The summed E-state index contributed by atoms with van der Waals surface area (Å²) in [4.78, 5) is 0. The van der Waals surface area contributed by atoms with Crippen LogP contribution in [-0.2, 0) is 13.1 Å². The van der Waals surface area contributed by atoms with Crippen LogP contribution in [0.15, 0.2) is 78.9 Å². The van der Waals surface area contributed by atoms with Gasteiger partial charge in [-0.3, -0.25) is 5.41 Å². The molecule has 1 aromatic heterocycles. The van der Waals surface area contributed by atoms with Gasteiger partial charge in [-0.25, -0.2) is 0 Å². The van der Waals surface area contributed by atoms with Gasteiger partial charge < -0.3 is 24.1 Å². The van der Waals surface area contributed by atoms with E-state index in [9.17, 15) is 10.2 Å². The molecule has 6 heteroatoms. The van der Waals surface area contributed by atoms with E-state index in [2.05, 4.69) is 0 Å². The van der Waals surface area contributed by atoms with Gasteiger partial charge >= 0.3 is 0 Å². The Morgan fingerprint density at radius 2 is 1.45 bits per heavy atom. The van der Waals surface area contributed by atoms with E-state index in [0.29, 0.717) is 17.9 Å². The Morgan fingerprint density at radius 3 is 2.14 bits per heavy atom. The lowest BCUT2D eigenvalue weighted by atomic mass is 10.2. The first kappa shape index (κ1) is 18.8. The normalized spacial score (nSPS) is 12.2. The smallest absolute Gasteiger partial charge is 0.203 e. The molecule has 29 heavy (non-hydrogen) atoms. The standard InChI is InChI=1S/C23H23N3O3/c24-23-25(14-17-6-2-1-3-7-17)21-8-4-5-9-22(21)26(23)15-19(28)16-29-20-12-10-18(27)11-13-20/h1-13,19,24,27-28H,14-16H2. The number of fused-ring (bicyclic) bond motifs is 1. The molecule has 0 radical (unpaired) electrons. The molecule has 6 nitrogen and oxygen atoms in total. The predicted octanol–water partition coefficient (Wildman–Crippen LogP) is 3.12. The lowest BCUT2D eigenvalue weighted by Gasteiger charge is -2.14. The van der Waals surface area contributed by atoms with Crippen molar-refractivity contribution in [1.29, 1.82) is 5.41 Å². The molecule has 0 saturated heterocycles. The number of aromatic nitrogens is 2. The fourth-order valence-electron chi connectivity index (χ4n) is 3.40. The van der Waals surface area contributed by atoms with Crippen molar-refractivity contribution in [3.8, 4) is 11.5 Å². The van der Waals surface area contributed by atoms with Crippen LogP contribution in [-0.4, -0.2) is 32.1 Å². The fourth-order valence-corrected chi connectivity index (χ4v) is 3.40. The summed E-state index contributed by atoms with van der Waals surface area (Å²) in [5, 5.41) is 28.5. The molecule has 148 valence electrons. The molecule has 4 rings (SSSR count). The third-order valence-corrected chi connectivity index (χ3v) is 4.83. The number of benzene rings is 3. The van der Waals surface area contributed by atoms with Gasteiger partial charge in [-0.05, 0) is 42.0 Å². The molecule has 0 spiro atoms. The van der Waals surface area contributed by atoms with E-state index in [0.717, 1.165) is 16.6 Å². The minimum Gasteiger partial charge on any atom is -0.508 e. The third kappa shape index (κ3) is 4.17. The summed E-state index contributed by atoms with van der Waals surface area (Å²) in [5.74, 6) is 0.739. The van der Waals surface area contributed by atoms with Gasteiger partial charge in [-0.15, -0.1) is 0 Å². The van der Waals surface area contributed by atoms with Crippen molar-refractivity contribution in [2.45, 2.75) is 19.2 Å². The summed E-state index contributed by atoms with van der Waals surface area (Å²) in [5.41, 5.74) is 3.30. The number of aromatic hydroxyl groups is 1. The average Bonchev–Trinajstić information content (AvgIpc) is 3.00. The largest absolute Gasteiger partial charge is 0.508 e. The Hall–Kier alpha value is -3.51. The number of hydrogen-bond acceptors (Lipinski definition) is 4. The Labute approximate surface area is 168 Å². The molecule has 0 bridgehead atoms. The highest BCUT2D eigenvalue weighted by atomic mass is 16.5. The lowest BCUT2D eigenvalue weighted by Crippen LogP contribution is -2.31. The molecule has 0 aliphatic carbocycles. The number of nitrogens with zero attached hydrogens (tertiary/aromatic N) is 2. The van der Waals surface area contributed by atoms with Gasteiger partial charge in [0, 0.05) is 0 Å². The van der Waals surface area contributed by atoms with Crippen molar-refractivity contribution >= 4 is 11.0 Å². The van der Waals surface area contributed by atoms with Crippen LogP contribution in [0.4, 0.5) is 0 Å². The van der Waals surface area contributed by atoms with Crippen LogP contribution in [0, 0.1) is 5.41 Å². The molecular weight excluding hydrogens is 366 g/mol. The summed E-state index contributed by atoms with van der Waals surface area (Å²) < 4.78 is 9.36. The van der Waals surface area contributed by atoms with Crippen molar-refractivity contribution in [3.05, 3.63) is 90.0 Å². The number of phenolic OH excluding ortho intramolecular Hbond substituents is 1. The topological polar surface area (TPSA) is 83.4 Å². The van der Waals surface area contributed by atoms with Crippen molar-refractivity contribution in [3.63, 3.8) is 0 Å². The number of hydrogen-bond donors (Lipinski definition) is 3. The highest BCUT2D eigenvalue weighted by Gasteiger charge is 2.14. The summed E-state index contributed by atoms with van der Waals surface area (Å²) in [6.45, 7) is 0.932. The van der Waals surface area contributed by atoms with E-state index in [1.54, 1.807) is 12.1 Å². The van der Waals surface area contributed by atoms with Gasteiger partial charge in [-0.1, -0.05) is 42.5 Å². The maximum atomic E-state index is 10.5. The molecule has 0 amide bonds. The number of para-hydroxylation sites is 2. The van der Waals surface area contributed by atoms with Crippen molar-refractivity contribution in [2.75, 3.05) is 6.61 Å².